The van der Waals surface area contributed by atoms with Crippen LogP contribution in [-0.4, -0.2) is 19.1 Å². The summed E-state index contributed by atoms with van der Waals surface area (Å²) in [4.78, 5) is 12.0. The molecule has 0 spiro atoms. The van der Waals surface area contributed by atoms with Crippen LogP contribution in [0.2, 0.25) is 0 Å². The molecule has 0 aromatic heterocycles. The quantitative estimate of drug-likeness (QED) is 0.838. The van der Waals surface area contributed by atoms with E-state index in [9.17, 15) is 4.79 Å². The molecule has 1 fully saturated rings. The van der Waals surface area contributed by atoms with Gasteiger partial charge in [-0.05, 0) is 50.3 Å². The Hall–Kier alpha value is -1.35. The minimum Gasteiger partial charge on any atom is -0.458 e. The molecule has 3 heteroatoms. The van der Waals surface area contributed by atoms with Gasteiger partial charge in [0.2, 0.25) is 0 Å². The molecule has 1 aromatic carbocycles. The van der Waals surface area contributed by atoms with E-state index in [4.69, 9.17) is 4.74 Å². The summed E-state index contributed by atoms with van der Waals surface area (Å²) in [7, 11) is 0. The lowest BCUT2D eigenvalue weighted by atomic mass is 9.85. The van der Waals surface area contributed by atoms with Gasteiger partial charge in [-0.25, -0.2) is 0 Å². The van der Waals surface area contributed by atoms with E-state index in [1.807, 2.05) is 37.3 Å². The third kappa shape index (κ3) is 4.34. The van der Waals surface area contributed by atoms with Gasteiger partial charge in [0.05, 0.1) is 0 Å². The number of nitrogens with one attached hydrogen (secondary N) is 1. The summed E-state index contributed by atoms with van der Waals surface area (Å²) in [6, 6.07) is 9.89. The van der Waals surface area contributed by atoms with Crippen LogP contribution in [0.25, 0.3) is 0 Å². The van der Waals surface area contributed by atoms with Crippen molar-refractivity contribution in [2.75, 3.05) is 13.1 Å². The molecule has 20 heavy (non-hydrogen) atoms. The molecule has 1 heterocycles. The highest BCUT2D eigenvalue weighted by molar-refractivity contribution is 5.70. The maximum atomic E-state index is 12.0. The lowest BCUT2D eigenvalue weighted by Gasteiger charge is -2.28. The molecule has 2 rings (SSSR count). The van der Waals surface area contributed by atoms with Gasteiger partial charge >= 0.3 is 5.97 Å². The van der Waals surface area contributed by atoms with Gasteiger partial charge in [-0.3, -0.25) is 4.79 Å². The third-order valence-corrected chi connectivity index (χ3v) is 4.21. The molecule has 1 aliphatic rings. The SMILES string of the molecule is CC(OC(=O)CC(C)C1CCCNC1)c1ccccc1. The van der Waals surface area contributed by atoms with Gasteiger partial charge in [-0.1, -0.05) is 37.3 Å². The summed E-state index contributed by atoms with van der Waals surface area (Å²) in [5, 5.41) is 3.40. The fraction of sp³-hybridized carbons (Fsp3) is 0.588. The van der Waals surface area contributed by atoms with Crippen LogP contribution in [0.15, 0.2) is 30.3 Å². The van der Waals surface area contributed by atoms with Crippen molar-refractivity contribution in [1.29, 1.82) is 0 Å². The Morgan fingerprint density at radius 1 is 1.35 bits per heavy atom. The Bertz CT molecular complexity index is 412. The summed E-state index contributed by atoms with van der Waals surface area (Å²) < 4.78 is 5.54. The smallest absolute Gasteiger partial charge is 0.306 e. The number of hydrogen-bond acceptors (Lipinski definition) is 3. The summed E-state index contributed by atoms with van der Waals surface area (Å²) in [6.07, 6.45) is 2.78. The second-order valence-corrected chi connectivity index (χ2v) is 5.83. The Kier molecular flexibility index (Phi) is 5.60. The molecule has 0 amide bonds. The van der Waals surface area contributed by atoms with Gasteiger partial charge in [-0.2, -0.15) is 0 Å². The number of rotatable bonds is 5. The first kappa shape index (κ1) is 15.0. The topological polar surface area (TPSA) is 38.3 Å². The molecule has 1 saturated heterocycles. The van der Waals surface area contributed by atoms with Crippen LogP contribution in [-0.2, 0) is 9.53 Å². The van der Waals surface area contributed by atoms with E-state index in [1.54, 1.807) is 0 Å². The van der Waals surface area contributed by atoms with E-state index in [0.29, 0.717) is 18.3 Å². The Morgan fingerprint density at radius 3 is 2.75 bits per heavy atom. The van der Waals surface area contributed by atoms with Crippen molar-refractivity contribution in [3.05, 3.63) is 35.9 Å². The Labute approximate surface area is 121 Å². The van der Waals surface area contributed by atoms with Crippen LogP contribution in [0, 0.1) is 11.8 Å². The molecule has 110 valence electrons. The number of benzene rings is 1. The molecule has 0 saturated carbocycles. The van der Waals surface area contributed by atoms with Crippen molar-refractivity contribution >= 4 is 5.97 Å². The average Bonchev–Trinajstić information content (AvgIpc) is 2.49. The summed E-state index contributed by atoms with van der Waals surface area (Å²) >= 11 is 0. The van der Waals surface area contributed by atoms with Gasteiger partial charge in [0.15, 0.2) is 0 Å². The summed E-state index contributed by atoms with van der Waals surface area (Å²) in [5.74, 6) is 0.904. The first-order valence-electron chi connectivity index (χ1n) is 7.62. The van der Waals surface area contributed by atoms with Crippen molar-refractivity contribution in [3.63, 3.8) is 0 Å². The number of ether oxygens (including phenoxy) is 1. The minimum absolute atomic E-state index is 0.0839. The summed E-state index contributed by atoms with van der Waals surface area (Å²) in [6.45, 7) is 6.23. The molecule has 3 atom stereocenters. The van der Waals surface area contributed by atoms with Gasteiger partial charge in [-0.15, -0.1) is 0 Å². The first-order valence-corrected chi connectivity index (χ1v) is 7.62. The predicted octanol–water partition coefficient (Wildman–Crippen LogP) is 3.32. The molecular formula is C17H25NO2. The highest BCUT2D eigenvalue weighted by atomic mass is 16.5. The van der Waals surface area contributed by atoms with Gasteiger partial charge < -0.3 is 10.1 Å². The van der Waals surface area contributed by atoms with Crippen LogP contribution < -0.4 is 5.32 Å². The predicted molar refractivity (Wildman–Crippen MR) is 80.3 cm³/mol. The normalized spacial score (nSPS) is 22.0. The maximum absolute atomic E-state index is 12.0. The van der Waals surface area contributed by atoms with E-state index in [0.717, 1.165) is 18.7 Å². The standard InChI is InChI=1S/C17H25NO2/c1-13(16-9-6-10-18-12-16)11-17(19)20-14(2)15-7-4-3-5-8-15/h3-5,7-8,13-14,16,18H,6,9-12H2,1-2H3. The highest BCUT2D eigenvalue weighted by Crippen LogP contribution is 2.24. The lowest BCUT2D eigenvalue weighted by Crippen LogP contribution is -2.34. The zero-order valence-electron chi connectivity index (χ0n) is 12.5. The number of carbonyl (C=O) groups is 1. The molecule has 3 nitrogen and oxygen atoms in total. The molecule has 0 radical (unpaired) electrons. The molecule has 1 aliphatic heterocycles. The second kappa shape index (κ2) is 7.44. The summed E-state index contributed by atoms with van der Waals surface area (Å²) in [5.41, 5.74) is 1.05. The average molecular weight is 275 g/mol. The monoisotopic (exact) mass is 275 g/mol. The Morgan fingerprint density at radius 2 is 2.10 bits per heavy atom. The van der Waals surface area contributed by atoms with E-state index in [-0.39, 0.29) is 12.1 Å². The van der Waals surface area contributed by atoms with Gasteiger partial charge in [0.25, 0.3) is 0 Å². The van der Waals surface area contributed by atoms with Crippen molar-refractivity contribution in [2.45, 2.75) is 39.2 Å². The molecule has 0 aliphatic carbocycles. The molecule has 3 unspecified atom stereocenters. The van der Waals surface area contributed by atoms with Crippen molar-refractivity contribution < 1.29 is 9.53 Å². The van der Waals surface area contributed by atoms with E-state index in [2.05, 4.69) is 12.2 Å². The fourth-order valence-corrected chi connectivity index (χ4v) is 2.83. The first-order chi connectivity index (χ1) is 9.66. The lowest BCUT2D eigenvalue weighted by molar-refractivity contribution is -0.150. The fourth-order valence-electron chi connectivity index (χ4n) is 2.83. The van der Waals surface area contributed by atoms with Crippen LogP contribution in [0.3, 0.4) is 0 Å². The van der Waals surface area contributed by atoms with Gasteiger partial charge in [0.1, 0.15) is 6.10 Å². The molecular weight excluding hydrogens is 250 g/mol. The maximum Gasteiger partial charge on any atom is 0.306 e. The second-order valence-electron chi connectivity index (χ2n) is 5.83. The number of hydrogen-bond donors (Lipinski definition) is 1. The number of carbonyl (C=O) groups excluding carboxylic acids is 1. The largest absolute Gasteiger partial charge is 0.458 e. The molecule has 1 aromatic rings. The third-order valence-electron chi connectivity index (χ3n) is 4.21. The zero-order valence-corrected chi connectivity index (χ0v) is 12.5. The zero-order chi connectivity index (χ0) is 14.4. The van der Waals surface area contributed by atoms with Gasteiger partial charge in [0, 0.05) is 6.42 Å². The molecule has 1 N–H and O–H groups in total. The van der Waals surface area contributed by atoms with Crippen molar-refractivity contribution in [2.24, 2.45) is 11.8 Å². The Balaban J connectivity index is 1.79. The van der Waals surface area contributed by atoms with Crippen LogP contribution >= 0.6 is 0 Å². The van der Waals surface area contributed by atoms with E-state index >= 15 is 0 Å². The van der Waals surface area contributed by atoms with Crippen molar-refractivity contribution in [3.8, 4) is 0 Å². The van der Waals surface area contributed by atoms with Crippen LogP contribution in [0.5, 0.6) is 0 Å². The van der Waals surface area contributed by atoms with Crippen LogP contribution in [0.4, 0.5) is 0 Å². The van der Waals surface area contributed by atoms with E-state index < -0.39 is 0 Å². The minimum atomic E-state index is -0.166. The van der Waals surface area contributed by atoms with Crippen LogP contribution in [0.1, 0.15) is 44.8 Å². The van der Waals surface area contributed by atoms with Crippen molar-refractivity contribution in [1.82, 2.24) is 5.32 Å². The number of piperidine rings is 1. The molecule has 0 bridgehead atoms. The van der Waals surface area contributed by atoms with E-state index in [1.165, 1.54) is 12.8 Å². The highest BCUT2D eigenvalue weighted by Gasteiger charge is 2.23. The number of esters is 1.